The van der Waals surface area contributed by atoms with Crippen LogP contribution in [0.1, 0.15) is 19.4 Å². The standard InChI is InChI=1S/C23H27FN4OS/c1-7-16(3)25-23(30-17(4)29-8-2)18-9-14-22(21(24)15-18)27-26-19-10-12-20(13-11-19)28(5)6/h7,9-15,17H,1,3,8H2,2,4-6H3. The number of ether oxygens (including phenoxy) is 1. The third kappa shape index (κ3) is 6.93. The number of aliphatic imine (C=N–C) groups is 1. The summed E-state index contributed by atoms with van der Waals surface area (Å²) >= 11 is 1.39. The number of hydrogen-bond donors (Lipinski definition) is 0. The van der Waals surface area contributed by atoms with E-state index < -0.39 is 5.82 Å². The number of rotatable bonds is 9. The lowest BCUT2D eigenvalue weighted by molar-refractivity contribution is 0.138. The molecule has 2 aromatic carbocycles. The maximum atomic E-state index is 14.7. The van der Waals surface area contributed by atoms with Crippen molar-refractivity contribution in [2.24, 2.45) is 15.2 Å². The molecule has 0 aliphatic heterocycles. The maximum Gasteiger partial charge on any atom is 0.151 e. The zero-order valence-electron chi connectivity index (χ0n) is 17.8. The van der Waals surface area contributed by atoms with E-state index in [0.717, 1.165) is 5.69 Å². The van der Waals surface area contributed by atoms with Gasteiger partial charge in [0.2, 0.25) is 0 Å². The summed E-state index contributed by atoms with van der Waals surface area (Å²) in [7, 11) is 3.92. The lowest BCUT2D eigenvalue weighted by Crippen LogP contribution is -2.08. The molecule has 0 saturated heterocycles. The van der Waals surface area contributed by atoms with E-state index in [1.807, 2.05) is 57.1 Å². The average Bonchev–Trinajstić information content (AvgIpc) is 2.72. The van der Waals surface area contributed by atoms with Gasteiger partial charge in [-0.3, -0.25) is 0 Å². The van der Waals surface area contributed by atoms with Crippen molar-refractivity contribution in [1.29, 1.82) is 0 Å². The van der Waals surface area contributed by atoms with Crippen LogP contribution in [-0.2, 0) is 4.74 Å². The molecule has 0 spiro atoms. The number of hydrogen-bond acceptors (Lipinski definition) is 6. The van der Waals surface area contributed by atoms with Crippen molar-refractivity contribution in [3.05, 3.63) is 78.8 Å². The number of nitrogens with zero attached hydrogens (tertiary/aromatic N) is 4. The summed E-state index contributed by atoms with van der Waals surface area (Å²) in [5.41, 5.74) is 2.82. The molecule has 158 valence electrons. The lowest BCUT2D eigenvalue weighted by atomic mass is 10.2. The SMILES string of the molecule is C=CC(=C)N=C(SC(C)OCC)c1ccc(N=Nc2ccc(N(C)C)cc2)c(F)c1. The van der Waals surface area contributed by atoms with Crippen LogP contribution in [0.2, 0.25) is 0 Å². The van der Waals surface area contributed by atoms with Gasteiger partial charge in [-0.25, -0.2) is 9.38 Å². The molecule has 0 aliphatic rings. The molecule has 5 nitrogen and oxygen atoms in total. The minimum Gasteiger partial charge on any atom is -0.378 e. The Labute approximate surface area is 182 Å². The summed E-state index contributed by atoms with van der Waals surface area (Å²) in [5, 5.41) is 8.78. The highest BCUT2D eigenvalue weighted by atomic mass is 32.2. The van der Waals surface area contributed by atoms with Crippen molar-refractivity contribution in [3.63, 3.8) is 0 Å². The molecule has 0 aromatic heterocycles. The van der Waals surface area contributed by atoms with Gasteiger partial charge in [-0.1, -0.05) is 24.9 Å². The Kier molecular flexibility index (Phi) is 8.95. The van der Waals surface area contributed by atoms with Gasteiger partial charge < -0.3 is 9.64 Å². The third-order valence-electron chi connectivity index (χ3n) is 3.99. The normalized spacial score (nSPS) is 12.8. The molecular weight excluding hydrogens is 399 g/mol. The van der Waals surface area contributed by atoms with Crippen molar-refractivity contribution in [3.8, 4) is 0 Å². The molecule has 1 unspecified atom stereocenters. The van der Waals surface area contributed by atoms with Crippen molar-refractivity contribution in [1.82, 2.24) is 0 Å². The molecule has 2 aromatic rings. The number of allylic oxidation sites excluding steroid dienone is 1. The number of thioether (sulfide) groups is 1. The second-order valence-electron chi connectivity index (χ2n) is 6.53. The summed E-state index contributed by atoms with van der Waals surface area (Å²) in [4.78, 5) is 6.43. The topological polar surface area (TPSA) is 49.6 Å². The summed E-state index contributed by atoms with van der Waals surface area (Å²) < 4.78 is 20.3. The smallest absolute Gasteiger partial charge is 0.151 e. The second kappa shape index (κ2) is 11.4. The monoisotopic (exact) mass is 426 g/mol. The minimum atomic E-state index is -0.484. The Morgan fingerprint density at radius 3 is 2.47 bits per heavy atom. The predicted octanol–water partition coefficient (Wildman–Crippen LogP) is 6.87. The van der Waals surface area contributed by atoms with E-state index >= 15 is 0 Å². The first kappa shape index (κ1) is 23.5. The van der Waals surface area contributed by atoms with Gasteiger partial charge in [0, 0.05) is 32.0 Å². The van der Waals surface area contributed by atoms with Crippen molar-refractivity contribution >= 4 is 33.9 Å². The molecule has 0 radical (unpaired) electrons. The van der Waals surface area contributed by atoms with Gasteiger partial charge in [-0.05, 0) is 62.4 Å². The molecule has 7 heteroatoms. The number of azo groups is 1. The van der Waals surface area contributed by atoms with Crippen molar-refractivity contribution < 1.29 is 9.13 Å². The zero-order chi connectivity index (χ0) is 22.1. The van der Waals surface area contributed by atoms with E-state index in [1.165, 1.54) is 17.8 Å². The number of halogens is 1. The third-order valence-corrected chi connectivity index (χ3v) is 5.01. The van der Waals surface area contributed by atoms with Crippen LogP contribution in [0.25, 0.3) is 0 Å². The quantitative estimate of drug-likeness (QED) is 0.145. The Hall–Kier alpha value is -2.77. The Morgan fingerprint density at radius 1 is 1.20 bits per heavy atom. The van der Waals surface area contributed by atoms with Crippen LogP contribution in [-0.4, -0.2) is 31.2 Å². The Bertz CT molecular complexity index is 939. The first-order valence-corrected chi connectivity index (χ1v) is 10.4. The van der Waals surface area contributed by atoms with Crippen LogP contribution < -0.4 is 4.90 Å². The van der Waals surface area contributed by atoms with Crippen molar-refractivity contribution in [2.75, 3.05) is 25.6 Å². The molecular formula is C23H27FN4OS. The average molecular weight is 427 g/mol. The first-order chi connectivity index (χ1) is 14.3. The zero-order valence-corrected chi connectivity index (χ0v) is 18.6. The summed E-state index contributed by atoms with van der Waals surface area (Å²) in [6.45, 7) is 11.9. The van der Waals surface area contributed by atoms with Gasteiger partial charge in [0.05, 0.1) is 11.4 Å². The minimum absolute atomic E-state index is 0.140. The highest BCUT2D eigenvalue weighted by Gasteiger charge is 2.13. The molecule has 2 rings (SSSR count). The van der Waals surface area contributed by atoms with E-state index in [0.29, 0.717) is 28.6 Å². The highest BCUT2D eigenvalue weighted by Crippen LogP contribution is 2.27. The van der Waals surface area contributed by atoms with Crippen LogP contribution in [0.3, 0.4) is 0 Å². The van der Waals surface area contributed by atoms with Gasteiger partial charge in [0.15, 0.2) is 5.82 Å². The summed E-state index contributed by atoms with van der Waals surface area (Å²) in [6, 6.07) is 12.3. The van der Waals surface area contributed by atoms with Crippen LogP contribution in [0, 0.1) is 5.82 Å². The second-order valence-corrected chi connectivity index (χ2v) is 7.82. The molecule has 1 atom stereocenters. The maximum absolute atomic E-state index is 14.7. The predicted molar refractivity (Wildman–Crippen MR) is 126 cm³/mol. The lowest BCUT2D eigenvalue weighted by Gasteiger charge is -2.14. The molecule has 0 heterocycles. The molecule has 0 amide bonds. The fourth-order valence-corrected chi connectivity index (χ4v) is 3.36. The van der Waals surface area contributed by atoms with E-state index in [4.69, 9.17) is 4.74 Å². The molecule has 0 saturated carbocycles. The van der Waals surface area contributed by atoms with Gasteiger partial charge >= 0.3 is 0 Å². The van der Waals surface area contributed by atoms with Crippen LogP contribution in [0.5, 0.6) is 0 Å². The highest BCUT2D eigenvalue weighted by molar-refractivity contribution is 8.14. The van der Waals surface area contributed by atoms with E-state index in [9.17, 15) is 4.39 Å². The van der Waals surface area contributed by atoms with Crippen molar-refractivity contribution in [2.45, 2.75) is 19.3 Å². The number of anilines is 1. The molecule has 0 N–H and O–H groups in total. The van der Waals surface area contributed by atoms with Gasteiger partial charge in [0.1, 0.15) is 16.2 Å². The van der Waals surface area contributed by atoms with E-state index in [1.54, 1.807) is 18.2 Å². The molecule has 0 fully saturated rings. The van der Waals surface area contributed by atoms with Crippen LogP contribution in [0.15, 0.2) is 82.6 Å². The fraction of sp³-hybridized carbons (Fsp3) is 0.261. The summed E-state index contributed by atoms with van der Waals surface area (Å²) in [6.07, 6.45) is 1.55. The van der Waals surface area contributed by atoms with Gasteiger partial charge in [-0.2, -0.15) is 5.11 Å². The Morgan fingerprint density at radius 2 is 1.90 bits per heavy atom. The van der Waals surface area contributed by atoms with Crippen LogP contribution in [0.4, 0.5) is 21.5 Å². The molecule has 0 aliphatic carbocycles. The summed E-state index contributed by atoms with van der Waals surface area (Å²) in [5.74, 6) is -0.484. The first-order valence-electron chi connectivity index (χ1n) is 9.51. The van der Waals surface area contributed by atoms with E-state index in [2.05, 4.69) is 28.4 Å². The Balaban J connectivity index is 2.25. The van der Waals surface area contributed by atoms with Crippen LogP contribution >= 0.6 is 11.8 Å². The van der Waals surface area contributed by atoms with E-state index in [-0.39, 0.29) is 11.1 Å². The molecule has 0 bridgehead atoms. The van der Waals surface area contributed by atoms with Gasteiger partial charge in [0.25, 0.3) is 0 Å². The number of benzene rings is 2. The fourth-order valence-electron chi connectivity index (χ4n) is 2.41. The van der Waals surface area contributed by atoms with Gasteiger partial charge in [-0.15, -0.1) is 5.11 Å². The largest absolute Gasteiger partial charge is 0.378 e. The molecule has 30 heavy (non-hydrogen) atoms.